The van der Waals surface area contributed by atoms with Crippen LogP contribution >= 0.6 is 0 Å². The average molecular weight is 537 g/mol. The minimum atomic E-state index is -1.47. The fourth-order valence-corrected chi connectivity index (χ4v) is 13.8. The van der Waals surface area contributed by atoms with Crippen molar-refractivity contribution in [3.8, 4) is 11.8 Å². The number of nitriles is 1. The minimum absolute atomic E-state index is 0.541. The smallest absolute Gasteiger partial charge is 0.173 e. The molecule has 1 saturated carbocycles. The summed E-state index contributed by atoms with van der Waals surface area (Å²) in [4.78, 5) is 4.75. The van der Waals surface area contributed by atoms with Crippen molar-refractivity contribution < 1.29 is 8.85 Å². The Labute approximate surface area is 228 Å². The highest BCUT2D eigenvalue weighted by Crippen LogP contribution is 2.40. The van der Waals surface area contributed by atoms with Crippen molar-refractivity contribution >= 4 is 16.6 Å². The maximum Gasteiger partial charge on any atom is 0.173 e. The van der Waals surface area contributed by atoms with Crippen molar-refractivity contribution in [3.05, 3.63) is 59.4 Å². The van der Waals surface area contributed by atoms with Gasteiger partial charge in [0.2, 0.25) is 0 Å². The minimum Gasteiger partial charge on any atom is -0.492 e. The van der Waals surface area contributed by atoms with E-state index in [2.05, 4.69) is 63.1 Å². The zero-order valence-electron chi connectivity index (χ0n) is 23.9. The SMILES string of the molecule is C[Si](C)(C)O[Si](C)(C)CCCCCCCCOc1ccc(C2CCC(c3ccc(C#N)cc3)CC2)nc1. The topological polar surface area (TPSA) is 55.1 Å². The number of benzene rings is 1. The maximum absolute atomic E-state index is 9.00. The molecule has 0 aliphatic heterocycles. The van der Waals surface area contributed by atoms with E-state index in [4.69, 9.17) is 19.1 Å². The Kier molecular flexibility index (Phi) is 11.4. The Balaban J connectivity index is 1.26. The third-order valence-electron chi connectivity index (χ3n) is 7.44. The zero-order chi connectivity index (χ0) is 26.7. The molecule has 1 aromatic heterocycles. The summed E-state index contributed by atoms with van der Waals surface area (Å²) >= 11 is 0. The van der Waals surface area contributed by atoms with Crippen LogP contribution in [0.2, 0.25) is 38.8 Å². The Hall–Kier alpha value is -1.95. The van der Waals surface area contributed by atoms with Gasteiger partial charge in [-0.05, 0) is 107 Å². The van der Waals surface area contributed by atoms with Crippen LogP contribution in [0.1, 0.15) is 92.9 Å². The van der Waals surface area contributed by atoms with Crippen LogP contribution in [0, 0.1) is 11.3 Å². The van der Waals surface area contributed by atoms with Crippen LogP contribution in [0.5, 0.6) is 5.75 Å². The summed E-state index contributed by atoms with van der Waals surface area (Å²) in [7, 11) is -2.87. The molecule has 0 bridgehead atoms. The molecule has 1 heterocycles. The predicted molar refractivity (Wildman–Crippen MR) is 159 cm³/mol. The van der Waals surface area contributed by atoms with Crippen LogP contribution in [-0.4, -0.2) is 28.2 Å². The number of nitrogens with zero attached hydrogens (tertiary/aromatic N) is 2. The van der Waals surface area contributed by atoms with Crippen molar-refractivity contribution in [1.82, 2.24) is 4.98 Å². The molecule has 2 aromatic rings. The fourth-order valence-electron chi connectivity index (χ4n) is 5.70. The number of rotatable bonds is 14. The van der Waals surface area contributed by atoms with Gasteiger partial charge in [0, 0.05) is 11.6 Å². The second kappa shape index (κ2) is 14.3. The number of pyridine rings is 1. The molecule has 6 heteroatoms. The monoisotopic (exact) mass is 536 g/mol. The highest BCUT2D eigenvalue weighted by molar-refractivity contribution is 6.84. The molecule has 202 valence electrons. The van der Waals surface area contributed by atoms with Gasteiger partial charge in [0.15, 0.2) is 16.6 Å². The molecule has 0 N–H and O–H groups in total. The summed E-state index contributed by atoms with van der Waals surface area (Å²) in [5.74, 6) is 2.04. The number of ether oxygens (including phenoxy) is 1. The molecule has 1 aromatic carbocycles. The van der Waals surface area contributed by atoms with Crippen molar-refractivity contribution in [2.24, 2.45) is 0 Å². The van der Waals surface area contributed by atoms with E-state index in [1.165, 1.54) is 75.1 Å². The molecule has 1 aliphatic carbocycles. The second-order valence-corrected chi connectivity index (χ2v) is 21.5. The summed E-state index contributed by atoms with van der Waals surface area (Å²) in [5.41, 5.74) is 3.31. The number of unbranched alkanes of at least 4 members (excludes halogenated alkanes) is 5. The lowest BCUT2D eigenvalue weighted by molar-refractivity contribution is 0.302. The van der Waals surface area contributed by atoms with E-state index < -0.39 is 16.6 Å². The molecule has 0 radical (unpaired) electrons. The molecular formula is C31H48N2O2Si2. The van der Waals surface area contributed by atoms with E-state index >= 15 is 0 Å². The van der Waals surface area contributed by atoms with Crippen molar-refractivity contribution in [2.75, 3.05) is 6.61 Å². The first kappa shape index (κ1) is 29.6. The molecule has 0 saturated heterocycles. The Bertz CT molecular complexity index is 970. The van der Waals surface area contributed by atoms with Gasteiger partial charge in [-0.15, -0.1) is 0 Å². The van der Waals surface area contributed by atoms with E-state index in [9.17, 15) is 0 Å². The van der Waals surface area contributed by atoms with Gasteiger partial charge >= 0.3 is 0 Å². The highest BCUT2D eigenvalue weighted by atomic mass is 28.4. The van der Waals surface area contributed by atoms with Crippen LogP contribution in [-0.2, 0) is 4.12 Å². The summed E-state index contributed by atoms with van der Waals surface area (Å²) in [6, 6.07) is 15.9. The lowest BCUT2D eigenvalue weighted by Crippen LogP contribution is -2.42. The van der Waals surface area contributed by atoms with Crippen LogP contribution in [0.4, 0.5) is 0 Å². The van der Waals surface area contributed by atoms with Gasteiger partial charge in [-0.25, -0.2) is 0 Å². The standard InChI is InChI=1S/C31H48N2O2Si2/c1-36(2,3)35-37(4,5)23-11-9-7-6-8-10-22-34-30-20-21-31(33-25-30)29-18-16-28(17-19-29)27-14-12-26(24-32)13-15-27/h12-15,20-21,25,28-29H,6-11,16-19,22-23H2,1-5H3. The molecule has 37 heavy (non-hydrogen) atoms. The molecule has 0 atom stereocenters. The summed E-state index contributed by atoms with van der Waals surface area (Å²) in [5, 5.41) is 9.00. The number of hydrogen-bond acceptors (Lipinski definition) is 4. The first-order valence-corrected chi connectivity index (χ1v) is 21.0. The van der Waals surface area contributed by atoms with Crippen LogP contribution in [0.25, 0.3) is 0 Å². The normalized spacial score (nSPS) is 18.4. The first-order valence-electron chi connectivity index (χ1n) is 14.4. The van der Waals surface area contributed by atoms with E-state index in [1.54, 1.807) is 0 Å². The lowest BCUT2D eigenvalue weighted by Gasteiger charge is -2.31. The Morgan fingerprint density at radius 1 is 0.811 bits per heavy atom. The molecule has 4 nitrogen and oxygen atoms in total. The van der Waals surface area contributed by atoms with Gasteiger partial charge in [0.05, 0.1) is 24.4 Å². The van der Waals surface area contributed by atoms with Crippen molar-refractivity contribution in [2.45, 2.75) is 115 Å². The van der Waals surface area contributed by atoms with Gasteiger partial charge in [-0.3, -0.25) is 4.98 Å². The molecule has 0 unspecified atom stereocenters. The molecule has 0 spiro atoms. The third kappa shape index (κ3) is 10.7. The van der Waals surface area contributed by atoms with Gasteiger partial charge in [0.25, 0.3) is 0 Å². The third-order valence-corrected chi connectivity index (χ3v) is 13.7. The number of hydrogen-bond donors (Lipinski definition) is 0. The first-order chi connectivity index (χ1) is 17.6. The quantitative estimate of drug-likeness (QED) is 0.178. The van der Waals surface area contributed by atoms with E-state index in [0.717, 1.165) is 24.3 Å². The molecule has 0 amide bonds. The summed E-state index contributed by atoms with van der Waals surface area (Å²) in [6.45, 7) is 12.5. The predicted octanol–water partition coefficient (Wildman–Crippen LogP) is 9.17. The number of aromatic nitrogens is 1. The van der Waals surface area contributed by atoms with Crippen LogP contribution in [0.3, 0.4) is 0 Å². The van der Waals surface area contributed by atoms with Gasteiger partial charge in [0.1, 0.15) is 5.75 Å². The maximum atomic E-state index is 9.00. The summed E-state index contributed by atoms with van der Waals surface area (Å²) < 4.78 is 12.4. The molecule has 1 fully saturated rings. The Morgan fingerprint density at radius 2 is 1.43 bits per heavy atom. The van der Waals surface area contributed by atoms with Crippen LogP contribution < -0.4 is 4.74 Å². The molecule has 3 rings (SSSR count). The van der Waals surface area contributed by atoms with E-state index in [-0.39, 0.29) is 0 Å². The van der Waals surface area contributed by atoms with Crippen molar-refractivity contribution in [3.63, 3.8) is 0 Å². The van der Waals surface area contributed by atoms with E-state index in [0.29, 0.717) is 11.8 Å². The van der Waals surface area contributed by atoms with Gasteiger partial charge in [-0.1, -0.05) is 44.2 Å². The van der Waals surface area contributed by atoms with Gasteiger partial charge in [-0.2, -0.15) is 5.26 Å². The van der Waals surface area contributed by atoms with E-state index in [1.807, 2.05) is 18.3 Å². The van der Waals surface area contributed by atoms with Gasteiger partial charge < -0.3 is 8.85 Å². The summed E-state index contributed by atoms with van der Waals surface area (Å²) in [6.07, 6.45) is 14.2. The highest BCUT2D eigenvalue weighted by Gasteiger charge is 2.28. The van der Waals surface area contributed by atoms with Crippen molar-refractivity contribution in [1.29, 1.82) is 5.26 Å². The fraction of sp³-hybridized carbons (Fsp3) is 0.613. The van der Waals surface area contributed by atoms with Crippen LogP contribution in [0.15, 0.2) is 42.6 Å². The zero-order valence-corrected chi connectivity index (χ0v) is 25.9. The molecular weight excluding hydrogens is 489 g/mol. The molecule has 1 aliphatic rings. The second-order valence-electron chi connectivity index (χ2n) is 12.4. The largest absolute Gasteiger partial charge is 0.492 e. The lowest BCUT2D eigenvalue weighted by atomic mass is 9.77. The Morgan fingerprint density at radius 3 is 2.03 bits per heavy atom. The average Bonchev–Trinajstić information content (AvgIpc) is 2.87.